The van der Waals surface area contributed by atoms with Crippen molar-refractivity contribution in [3.8, 4) is 0 Å². The van der Waals surface area contributed by atoms with E-state index in [2.05, 4.69) is 50.3 Å². The molecule has 0 spiro atoms. The number of hydrogen-bond donors (Lipinski definition) is 1. The third kappa shape index (κ3) is 3.35. The SMILES string of the molecule is C[C@@H](NCc1ccncn1)c1ccccc1Br. The third-order valence-electron chi connectivity index (χ3n) is 2.60. The first-order valence-electron chi connectivity index (χ1n) is 5.50. The first-order valence-corrected chi connectivity index (χ1v) is 6.29. The van der Waals surface area contributed by atoms with Gasteiger partial charge in [0.05, 0.1) is 5.69 Å². The van der Waals surface area contributed by atoms with E-state index in [1.165, 1.54) is 5.56 Å². The number of nitrogens with zero attached hydrogens (tertiary/aromatic N) is 2. The molecule has 4 heteroatoms. The number of aromatic nitrogens is 2. The Hall–Kier alpha value is -1.26. The van der Waals surface area contributed by atoms with Crippen molar-refractivity contribution >= 4 is 15.9 Å². The smallest absolute Gasteiger partial charge is 0.115 e. The summed E-state index contributed by atoms with van der Waals surface area (Å²) in [5.74, 6) is 0. The highest BCUT2D eigenvalue weighted by molar-refractivity contribution is 9.10. The fraction of sp³-hybridized carbons (Fsp3) is 0.231. The van der Waals surface area contributed by atoms with Crippen LogP contribution in [0.5, 0.6) is 0 Å². The number of nitrogens with one attached hydrogen (secondary N) is 1. The molecule has 0 aliphatic carbocycles. The molecular formula is C13H14BrN3. The molecule has 0 aliphatic rings. The molecule has 0 bridgehead atoms. The Kier molecular flexibility index (Phi) is 4.23. The maximum atomic E-state index is 4.18. The van der Waals surface area contributed by atoms with Crippen LogP contribution in [-0.4, -0.2) is 9.97 Å². The second-order valence-electron chi connectivity index (χ2n) is 3.82. The summed E-state index contributed by atoms with van der Waals surface area (Å²) in [5.41, 5.74) is 2.25. The van der Waals surface area contributed by atoms with Gasteiger partial charge in [-0.1, -0.05) is 34.1 Å². The minimum atomic E-state index is 0.278. The number of benzene rings is 1. The van der Waals surface area contributed by atoms with Gasteiger partial charge in [-0.15, -0.1) is 0 Å². The highest BCUT2D eigenvalue weighted by atomic mass is 79.9. The molecule has 0 unspecified atom stereocenters. The summed E-state index contributed by atoms with van der Waals surface area (Å²) in [5, 5.41) is 3.44. The number of hydrogen-bond acceptors (Lipinski definition) is 3. The summed E-state index contributed by atoms with van der Waals surface area (Å²) >= 11 is 3.56. The Bertz CT molecular complexity index is 473. The molecule has 0 aliphatic heterocycles. The zero-order valence-electron chi connectivity index (χ0n) is 9.60. The van der Waals surface area contributed by atoms with E-state index in [0.717, 1.165) is 16.7 Å². The average molecular weight is 292 g/mol. The van der Waals surface area contributed by atoms with Crippen molar-refractivity contribution in [2.75, 3.05) is 0 Å². The lowest BCUT2D eigenvalue weighted by Crippen LogP contribution is -2.19. The summed E-state index contributed by atoms with van der Waals surface area (Å²) in [7, 11) is 0. The van der Waals surface area contributed by atoms with E-state index in [4.69, 9.17) is 0 Å². The van der Waals surface area contributed by atoms with Gasteiger partial charge in [-0.05, 0) is 24.6 Å². The normalized spacial score (nSPS) is 12.4. The molecule has 3 nitrogen and oxygen atoms in total. The van der Waals surface area contributed by atoms with Gasteiger partial charge in [-0.3, -0.25) is 0 Å². The van der Waals surface area contributed by atoms with E-state index in [9.17, 15) is 0 Å². The summed E-state index contributed by atoms with van der Waals surface area (Å²) in [6, 6.07) is 10.4. The molecule has 2 rings (SSSR count). The zero-order chi connectivity index (χ0) is 12.1. The van der Waals surface area contributed by atoms with Gasteiger partial charge in [-0.2, -0.15) is 0 Å². The Morgan fingerprint density at radius 3 is 2.82 bits per heavy atom. The van der Waals surface area contributed by atoms with Crippen LogP contribution in [0.1, 0.15) is 24.2 Å². The first kappa shape index (κ1) is 12.2. The second-order valence-corrected chi connectivity index (χ2v) is 4.68. The Morgan fingerprint density at radius 1 is 1.29 bits per heavy atom. The van der Waals surface area contributed by atoms with E-state index in [1.54, 1.807) is 12.5 Å². The largest absolute Gasteiger partial charge is 0.305 e. The summed E-state index contributed by atoms with van der Waals surface area (Å²) < 4.78 is 1.13. The molecule has 0 amide bonds. The number of rotatable bonds is 4. The lowest BCUT2D eigenvalue weighted by Gasteiger charge is -2.15. The minimum Gasteiger partial charge on any atom is -0.305 e. The molecular weight excluding hydrogens is 278 g/mol. The molecule has 1 atom stereocenters. The predicted octanol–water partition coefficient (Wildman–Crippen LogP) is 3.09. The van der Waals surface area contributed by atoms with Crippen molar-refractivity contribution in [3.05, 3.63) is 58.6 Å². The van der Waals surface area contributed by atoms with E-state index in [-0.39, 0.29) is 6.04 Å². The molecule has 0 fully saturated rings. The quantitative estimate of drug-likeness (QED) is 0.941. The van der Waals surface area contributed by atoms with E-state index in [1.807, 2.05) is 18.2 Å². The van der Waals surface area contributed by atoms with Crippen LogP contribution in [0.4, 0.5) is 0 Å². The zero-order valence-corrected chi connectivity index (χ0v) is 11.2. The average Bonchev–Trinajstić information content (AvgIpc) is 2.38. The maximum Gasteiger partial charge on any atom is 0.115 e. The van der Waals surface area contributed by atoms with Crippen molar-refractivity contribution < 1.29 is 0 Å². The van der Waals surface area contributed by atoms with Gasteiger partial charge in [0.25, 0.3) is 0 Å². The Morgan fingerprint density at radius 2 is 2.12 bits per heavy atom. The van der Waals surface area contributed by atoms with Crippen LogP contribution >= 0.6 is 15.9 Å². The summed E-state index contributed by atoms with van der Waals surface area (Å²) in [6.45, 7) is 2.88. The number of halogens is 1. The van der Waals surface area contributed by atoms with E-state index < -0.39 is 0 Å². The molecule has 1 N–H and O–H groups in total. The second kappa shape index (κ2) is 5.89. The van der Waals surface area contributed by atoms with Crippen molar-refractivity contribution in [2.24, 2.45) is 0 Å². The van der Waals surface area contributed by atoms with Crippen LogP contribution in [-0.2, 0) is 6.54 Å². The van der Waals surface area contributed by atoms with Crippen molar-refractivity contribution in [3.63, 3.8) is 0 Å². The first-order chi connectivity index (χ1) is 8.27. The predicted molar refractivity (Wildman–Crippen MR) is 71.4 cm³/mol. The highest BCUT2D eigenvalue weighted by Gasteiger charge is 2.07. The molecule has 1 aromatic carbocycles. The van der Waals surface area contributed by atoms with Crippen LogP contribution in [0.25, 0.3) is 0 Å². The molecule has 0 saturated carbocycles. The fourth-order valence-corrected chi connectivity index (χ4v) is 2.24. The van der Waals surface area contributed by atoms with Crippen LogP contribution in [0.2, 0.25) is 0 Å². The van der Waals surface area contributed by atoms with Gasteiger partial charge in [0, 0.05) is 23.3 Å². The van der Waals surface area contributed by atoms with Crippen molar-refractivity contribution in [1.82, 2.24) is 15.3 Å². The van der Waals surface area contributed by atoms with Crippen LogP contribution in [0.15, 0.2) is 47.3 Å². The van der Waals surface area contributed by atoms with Crippen LogP contribution in [0.3, 0.4) is 0 Å². The van der Waals surface area contributed by atoms with Gasteiger partial charge in [0.1, 0.15) is 6.33 Å². The molecule has 2 aromatic rings. The summed E-state index contributed by atoms with van der Waals surface area (Å²) in [4.78, 5) is 8.08. The standard InChI is InChI=1S/C13H14BrN3/c1-10(12-4-2-3-5-13(12)14)16-8-11-6-7-15-9-17-11/h2-7,9-10,16H,8H2,1H3/t10-/m1/s1. The third-order valence-corrected chi connectivity index (χ3v) is 3.33. The highest BCUT2D eigenvalue weighted by Crippen LogP contribution is 2.22. The Balaban J connectivity index is 1.99. The van der Waals surface area contributed by atoms with Crippen LogP contribution in [0, 0.1) is 0 Å². The van der Waals surface area contributed by atoms with Crippen molar-refractivity contribution in [2.45, 2.75) is 19.5 Å². The van der Waals surface area contributed by atoms with E-state index in [0.29, 0.717) is 0 Å². The topological polar surface area (TPSA) is 37.8 Å². The fourth-order valence-electron chi connectivity index (χ4n) is 1.62. The maximum absolute atomic E-state index is 4.18. The summed E-state index contributed by atoms with van der Waals surface area (Å²) in [6.07, 6.45) is 3.33. The molecule has 88 valence electrons. The van der Waals surface area contributed by atoms with Gasteiger partial charge < -0.3 is 5.32 Å². The Labute approximate surface area is 109 Å². The lowest BCUT2D eigenvalue weighted by molar-refractivity contribution is 0.565. The van der Waals surface area contributed by atoms with Gasteiger partial charge >= 0.3 is 0 Å². The van der Waals surface area contributed by atoms with Gasteiger partial charge in [0.2, 0.25) is 0 Å². The monoisotopic (exact) mass is 291 g/mol. The van der Waals surface area contributed by atoms with Crippen molar-refractivity contribution in [1.29, 1.82) is 0 Å². The van der Waals surface area contributed by atoms with Gasteiger partial charge in [0.15, 0.2) is 0 Å². The molecule has 17 heavy (non-hydrogen) atoms. The lowest BCUT2D eigenvalue weighted by atomic mass is 10.1. The van der Waals surface area contributed by atoms with Crippen LogP contribution < -0.4 is 5.32 Å². The molecule has 1 heterocycles. The van der Waals surface area contributed by atoms with E-state index >= 15 is 0 Å². The minimum absolute atomic E-state index is 0.278. The molecule has 1 aromatic heterocycles. The molecule has 0 saturated heterocycles. The molecule has 0 radical (unpaired) electrons. The van der Waals surface area contributed by atoms with Gasteiger partial charge in [-0.25, -0.2) is 9.97 Å².